The molecule has 0 saturated carbocycles. The Balaban J connectivity index is 1.85. The van der Waals surface area contributed by atoms with Gasteiger partial charge >= 0.3 is 0 Å². The van der Waals surface area contributed by atoms with Crippen LogP contribution in [0.5, 0.6) is 0 Å². The second-order valence-electron chi connectivity index (χ2n) is 8.77. The molecule has 1 unspecified atom stereocenters. The molecule has 4 nitrogen and oxygen atoms in total. The first-order chi connectivity index (χ1) is 17.0. The summed E-state index contributed by atoms with van der Waals surface area (Å²) in [5.41, 5.74) is 3.09. The molecule has 0 aliphatic rings. The van der Waals surface area contributed by atoms with Crippen LogP contribution in [0.3, 0.4) is 0 Å². The molecule has 0 fully saturated rings. The molecule has 0 spiro atoms. The van der Waals surface area contributed by atoms with Crippen LogP contribution in [0, 0.1) is 13.8 Å². The van der Waals surface area contributed by atoms with E-state index in [1.165, 1.54) is 0 Å². The molecule has 35 heavy (non-hydrogen) atoms. The lowest BCUT2D eigenvalue weighted by Crippen LogP contribution is -2.27. The van der Waals surface area contributed by atoms with E-state index in [2.05, 4.69) is 5.10 Å². The van der Waals surface area contributed by atoms with Gasteiger partial charge in [-0.3, -0.25) is 9.89 Å². The second kappa shape index (κ2) is 9.40. The summed E-state index contributed by atoms with van der Waals surface area (Å²) >= 11 is 0. The summed E-state index contributed by atoms with van der Waals surface area (Å²) in [4.78, 5) is 14.0. The molecule has 5 aromatic rings. The van der Waals surface area contributed by atoms with Crippen molar-refractivity contribution in [1.82, 2.24) is 9.78 Å². The molecule has 0 amide bonds. The third-order valence-electron chi connectivity index (χ3n) is 6.44. The molecule has 0 aliphatic heterocycles. The van der Waals surface area contributed by atoms with Crippen molar-refractivity contribution in [2.24, 2.45) is 0 Å². The first kappa shape index (κ1) is 22.9. The molecular formula is C30H27N2O2P. The number of rotatable bonds is 6. The quantitative estimate of drug-likeness (QED) is 0.310. The van der Waals surface area contributed by atoms with Gasteiger partial charge in [-0.2, -0.15) is 0 Å². The van der Waals surface area contributed by atoms with E-state index in [1.54, 1.807) is 4.68 Å². The van der Waals surface area contributed by atoms with Gasteiger partial charge in [0.2, 0.25) is 0 Å². The maximum atomic E-state index is 15.5. The molecule has 0 radical (unpaired) electrons. The number of benzene rings is 4. The summed E-state index contributed by atoms with van der Waals surface area (Å²) in [6.07, 6.45) is 0. The number of nitrogens with one attached hydrogen (secondary N) is 1. The third-order valence-corrected chi connectivity index (χ3v) is 9.86. The maximum absolute atomic E-state index is 15.5. The van der Waals surface area contributed by atoms with Crippen LogP contribution < -0.4 is 16.2 Å². The maximum Gasteiger partial charge on any atom is 0.275 e. The van der Waals surface area contributed by atoms with E-state index < -0.39 is 12.8 Å². The fraction of sp³-hybridized carbons (Fsp3) is 0.100. The van der Waals surface area contributed by atoms with Gasteiger partial charge in [-0.1, -0.05) is 109 Å². The lowest BCUT2D eigenvalue weighted by atomic mass is 10.0. The molecule has 0 saturated heterocycles. The molecule has 4 aromatic carbocycles. The highest BCUT2D eigenvalue weighted by molar-refractivity contribution is 7.79. The molecular weight excluding hydrogens is 451 g/mol. The predicted molar refractivity (Wildman–Crippen MR) is 144 cm³/mol. The van der Waals surface area contributed by atoms with Crippen LogP contribution in [0.4, 0.5) is 0 Å². The smallest absolute Gasteiger partial charge is 0.275 e. The van der Waals surface area contributed by atoms with E-state index in [0.29, 0.717) is 11.3 Å². The van der Waals surface area contributed by atoms with E-state index in [0.717, 1.165) is 27.4 Å². The number of nitrogens with zero attached hydrogens (tertiary/aromatic N) is 1. The van der Waals surface area contributed by atoms with Crippen molar-refractivity contribution in [3.05, 3.63) is 148 Å². The van der Waals surface area contributed by atoms with Crippen LogP contribution in [0.2, 0.25) is 0 Å². The number of aryl methyl sites for hydroxylation is 2. The molecule has 1 heterocycles. The van der Waals surface area contributed by atoms with Crippen LogP contribution in [0.25, 0.3) is 5.69 Å². The Morgan fingerprint density at radius 2 is 1.17 bits per heavy atom. The number of para-hydroxylation sites is 1. The Kier molecular flexibility index (Phi) is 6.15. The lowest BCUT2D eigenvalue weighted by molar-refractivity contribution is 0.582. The minimum Gasteiger partial charge on any atom is -0.313 e. The highest BCUT2D eigenvalue weighted by Crippen LogP contribution is 2.60. The summed E-state index contributed by atoms with van der Waals surface area (Å²) < 4.78 is 17.0. The molecule has 5 heteroatoms. The van der Waals surface area contributed by atoms with Crippen LogP contribution in [0.1, 0.15) is 28.0 Å². The fourth-order valence-electron chi connectivity index (χ4n) is 4.69. The fourth-order valence-corrected chi connectivity index (χ4v) is 8.08. The van der Waals surface area contributed by atoms with Crippen LogP contribution >= 0.6 is 7.14 Å². The molecule has 5 rings (SSSR count). The lowest BCUT2D eigenvalue weighted by Gasteiger charge is -2.29. The van der Waals surface area contributed by atoms with Gasteiger partial charge in [-0.25, -0.2) is 4.68 Å². The van der Waals surface area contributed by atoms with Gasteiger partial charge in [0.15, 0.2) is 7.14 Å². The van der Waals surface area contributed by atoms with Crippen molar-refractivity contribution in [2.75, 3.05) is 0 Å². The van der Waals surface area contributed by atoms with Gasteiger partial charge in [0, 0.05) is 16.3 Å². The van der Waals surface area contributed by atoms with Crippen molar-refractivity contribution in [1.29, 1.82) is 0 Å². The molecule has 0 aliphatic carbocycles. The highest BCUT2D eigenvalue weighted by atomic mass is 31.2. The summed E-state index contributed by atoms with van der Waals surface area (Å²) in [5.74, 6) is 0. The third kappa shape index (κ3) is 4.11. The summed E-state index contributed by atoms with van der Waals surface area (Å²) in [5, 5.41) is 4.70. The van der Waals surface area contributed by atoms with Crippen molar-refractivity contribution in [3.8, 4) is 5.69 Å². The van der Waals surface area contributed by atoms with Gasteiger partial charge in [0.25, 0.3) is 5.56 Å². The Bertz CT molecular complexity index is 1490. The molecule has 1 N–H and O–H groups in total. The summed E-state index contributed by atoms with van der Waals surface area (Å²) in [7, 11) is -3.36. The average molecular weight is 479 g/mol. The summed E-state index contributed by atoms with van der Waals surface area (Å²) in [6.45, 7) is 3.91. The van der Waals surface area contributed by atoms with Crippen molar-refractivity contribution < 1.29 is 4.57 Å². The van der Waals surface area contributed by atoms with Gasteiger partial charge in [0.05, 0.1) is 16.9 Å². The average Bonchev–Trinajstić information content (AvgIpc) is 3.20. The van der Waals surface area contributed by atoms with Crippen LogP contribution in [-0.4, -0.2) is 9.78 Å². The Morgan fingerprint density at radius 1 is 0.686 bits per heavy atom. The van der Waals surface area contributed by atoms with E-state index >= 15 is 4.57 Å². The number of H-pyrrole nitrogens is 1. The van der Waals surface area contributed by atoms with Crippen molar-refractivity contribution >= 4 is 17.8 Å². The van der Waals surface area contributed by atoms with E-state index in [1.807, 2.05) is 129 Å². The van der Waals surface area contributed by atoms with E-state index in [-0.39, 0.29) is 5.56 Å². The molecule has 174 valence electrons. The minimum atomic E-state index is -3.36. The number of aromatic nitrogens is 2. The topological polar surface area (TPSA) is 54.9 Å². The zero-order valence-corrected chi connectivity index (χ0v) is 20.7. The Labute approximate surface area is 205 Å². The van der Waals surface area contributed by atoms with E-state index in [4.69, 9.17) is 0 Å². The Morgan fingerprint density at radius 3 is 1.69 bits per heavy atom. The molecule has 0 bridgehead atoms. The number of aromatic amines is 1. The first-order valence-electron chi connectivity index (χ1n) is 11.6. The first-order valence-corrected chi connectivity index (χ1v) is 13.4. The molecule has 1 atom stereocenters. The summed E-state index contributed by atoms with van der Waals surface area (Å²) in [6, 6.07) is 36.6. The highest BCUT2D eigenvalue weighted by Gasteiger charge is 2.42. The molecule has 1 aromatic heterocycles. The van der Waals surface area contributed by atoms with E-state index in [9.17, 15) is 4.79 Å². The normalized spacial score (nSPS) is 12.4. The number of hydrogen-bond donors (Lipinski definition) is 1. The van der Waals surface area contributed by atoms with Gasteiger partial charge in [-0.15, -0.1) is 0 Å². The van der Waals surface area contributed by atoms with Crippen LogP contribution in [-0.2, 0) is 4.57 Å². The number of hydrogen-bond acceptors (Lipinski definition) is 2. The zero-order chi connectivity index (χ0) is 24.4. The standard InChI is InChI=1S/C30H27N2O2P/c1-22-18-20-24(21-19-22)29(28-23(2)31-32(30(28)33)25-12-6-3-7-13-25)35(34,26-14-8-4-9-15-26)27-16-10-5-11-17-27/h3-21,29,31H,1-2H3. The van der Waals surface area contributed by atoms with Crippen molar-refractivity contribution in [2.45, 2.75) is 19.5 Å². The van der Waals surface area contributed by atoms with Crippen LogP contribution in [0.15, 0.2) is 120 Å². The largest absolute Gasteiger partial charge is 0.313 e. The minimum absolute atomic E-state index is 0.189. The van der Waals surface area contributed by atoms with Gasteiger partial charge in [0.1, 0.15) is 0 Å². The predicted octanol–water partition coefficient (Wildman–Crippen LogP) is 5.89. The Hall–Kier alpha value is -3.88. The second-order valence-corrected chi connectivity index (χ2v) is 11.6. The van der Waals surface area contributed by atoms with Gasteiger partial charge in [-0.05, 0) is 31.5 Å². The SMILES string of the molecule is Cc1ccc(C(c2c(C)[nH]n(-c3ccccc3)c2=O)P(=O)(c2ccccc2)c2ccccc2)cc1. The zero-order valence-electron chi connectivity index (χ0n) is 19.8. The van der Waals surface area contributed by atoms with Crippen molar-refractivity contribution in [3.63, 3.8) is 0 Å². The van der Waals surface area contributed by atoms with Gasteiger partial charge < -0.3 is 4.57 Å². The monoisotopic (exact) mass is 478 g/mol.